The van der Waals surface area contributed by atoms with Gasteiger partial charge < -0.3 is 15.0 Å². The second kappa shape index (κ2) is 8.84. The Bertz CT molecular complexity index is 684. The Balaban J connectivity index is 1.98. The normalized spacial score (nSPS) is 12.3. The number of amides is 1. The van der Waals surface area contributed by atoms with Gasteiger partial charge in [-0.2, -0.15) is 0 Å². The van der Waals surface area contributed by atoms with Crippen LogP contribution in [0.1, 0.15) is 17.3 Å². The fourth-order valence-electron chi connectivity index (χ4n) is 2.34. The first-order valence-corrected chi connectivity index (χ1v) is 7.77. The minimum Gasteiger partial charge on any atom is -0.497 e. The van der Waals surface area contributed by atoms with Gasteiger partial charge in [0.05, 0.1) is 18.8 Å². The Kier molecular flexibility index (Phi) is 6.51. The van der Waals surface area contributed by atoms with Gasteiger partial charge in [-0.15, -0.1) is 0 Å². The number of nitrogens with zero attached hydrogens (tertiary/aromatic N) is 2. The zero-order valence-corrected chi connectivity index (χ0v) is 14.3. The van der Waals surface area contributed by atoms with Crippen molar-refractivity contribution in [1.82, 2.24) is 15.2 Å². The molecule has 0 radical (unpaired) electrons. The van der Waals surface area contributed by atoms with E-state index in [4.69, 9.17) is 4.74 Å². The average molecular weight is 325 g/mol. The summed E-state index contributed by atoms with van der Waals surface area (Å²) in [5.41, 5.74) is 1.85. The molecule has 5 nitrogen and oxygen atoms in total. The van der Waals surface area contributed by atoms with Crippen molar-refractivity contribution in [3.63, 3.8) is 0 Å². The highest BCUT2D eigenvalue weighted by molar-refractivity contribution is 5.91. The highest BCUT2D eigenvalue weighted by atomic mass is 16.5. The molecule has 0 aliphatic rings. The van der Waals surface area contributed by atoms with E-state index < -0.39 is 0 Å². The maximum Gasteiger partial charge on any atom is 0.244 e. The number of hydrogen-bond acceptors (Lipinski definition) is 4. The van der Waals surface area contributed by atoms with E-state index in [-0.39, 0.29) is 11.9 Å². The van der Waals surface area contributed by atoms with Crippen molar-refractivity contribution in [2.75, 3.05) is 27.7 Å². The van der Waals surface area contributed by atoms with Crippen molar-refractivity contribution < 1.29 is 9.53 Å². The number of aromatic nitrogens is 1. The minimum absolute atomic E-state index is 0.0623. The number of carbonyl (C=O) groups is 1. The number of ether oxygens (including phenoxy) is 1. The van der Waals surface area contributed by atoms with Crippen LogP contribution in [0.3, 0.4) is 0 Å². The molecule has 1 aromatic carbocycles. The van der Waals surface area contributed by atoms with Gasteiger partial charge in [-0.1, -0.05) is 18.2 Å². The van der Waals surface area contributed by atoms with Gasteiger partial charge >= 0.3 is 0 Å². The SMILES string of the molecule is COc1cccc(C(CNC(=O)C=Cc2ccccn2)N(C)C)c1. The lowest BCUT2D eigenvalue weighted by molar-refractivity contribution is -0.116. The second-order valence-electron chi connectivity index (χ2n) is 5.59. The molecule has 2 rings (SSSR count). The first kappa shape index (κ1) is 17.7. The molecule has 0 aliphatic carbocycles. The van der Waals surface area contributed by atoms with E-state index in [2.05, 4.69) is 15.2 Å². The predicted molar refractivity (Wildman–Crippen MR) is 95.7 cm³/mol. The quantitative estimate of drug-likeness (QED) is 0.795. The van der Waals surface area contributed by atoms with Crippen LogP contribution >= 0.6 is 0 Å². The molecular formula is C19H23N3O2. The third-order valence-corrected chi connectivity index (χ3v) is 3.66. The number of pyridine rings is 1. The first-order chi connectivity index (χ1) is 11.6. The molecule has 0 fully saturated rings. The Morgan fingerprint density at radius 3 is 2.79 bits per heavy atom. The number of methoxy groups -OCH3 is 1. The molecule has 1 amide bonds. The number of likely N-dealkylation sites (N-methyl/N-ethyl adjacent to an activating group) is 1. The zero-order chi connectivity index (χ0) is 17.4. The van der Waals surface area contributed by atoms with Gasteiger partial charge in [-0.3, -0.25) is 9.78 Å². The highest BCUT2D eigenvalue weighted by Gasteiger charge is 2.15. The number of benzene rings is 1. The molecule has 0 aliphatic heterocycles. The Morgan fingerprint density at radius 1 is 1.29 bits per heavy atom. The van der Waals surface area contributed by atoms with Crippen molar-refractivity contribution in [2.45, 2.75) is 6.04 Å². The molecule has 0 bridgehead atoms. The van der Waals surface area contributed by atoms with Crippen LogP contribution in [0.25, 0.3) is 6.08 Å². The summed E-state index contributed by atoms with van der Waals surface area (Å²) in [6.45, 7) is 0.506. The van der Waals surface area contributed by atoms with Gasteiger partial charge in [0.15, 0.2) is 0 Å². The molecule has 5 heteroatoms. The molecule has 126 valence electrons. The topological polar surface area (TPSA) is 54.5 Å². The van der Waals surface area contributed by atoms with Crippen molar-refractivity contribution >= 4 is 12.0 Å². The minimum atomic E-state index is -0.143. The Hall–Kier alpha value is -2.66. The standard InChI is InChI=1S/C19H23N3O2/c1-22(2)18(15-7-6-9-17(13-15)24-3)14-21-19(23)11-10-16-8-4-5-12-20-16/h4-13,18H,14H2,1-3H3,(H,21,23). The Morgan fingerprint density at radius 2 is 2.12 bits per heavy atom. The van der Waals surface area contributed by atoms with Crippen molar-refractivity contribution in [3.8, 4) is 5.75 Å². The number of hydrogen-bond donors (Lipinski definition) is 1. The molecular weight excluding hydrogens is 302 g/mol. The lowest BCUT2D eigenvalue weighted by atomic mass is 10.1. The van der Waals surface area contributed by atoms with Gasteiger partial charge in [0.25, 0.3) is 0 Å². The van der Waals surface area contributed by atoms with E-state index >= 15 is 0 Å². The van der Waals surface area contributed by atoms with Gasteiger partial charge in [0, 0.05) is 18.8 Å². The van der Waals surface area contributed by atoms with E-state index in [9.17, 15) is 4.79 Å². The van der Waals surface area contributed by atoms with Crippen LogP contribution in [-0.4, -0.2) is 43.5 Å². The first-order valence-electron chi connectivity index (χ1n) is 7.77. The second-order valence-corrected chi connectivity index (χ2v) is 5.59. The molecule has 0 saturated heterocycles. The predicted octanol–water partition coefficient (Wildman–Crippen LogP) is 2.52. The van der Waals surface area contributed by atoms with Crippen LogP contribution in [0, 0.1) is 0 Å². The van der Waals surface area contributed by atoms with Crippen molar-refractivity contribution in [1.29, 1.82) is 0 Å². The average Bonchev–Trinajstić information content (AvgIpc) is 2.61. The van der Waals surface area contributed by atoms with Gasteiger partial charge in [-0.05, 0) is 50.0 Å². The van der Waals surface area contributed by atoms with Crippen LogP contribution in [0.4, 0.5) is 0 Å². The fourth-order valence-corrected chi connectivity index (χ4v) is 2.34. The van der Waals surface area contributed by atoms with Crippen LogP contribution in [-0.2, 0) is 4.79 Å². The van der Waals surface area contributed by atoms with Gasteiger partial charge in [0.2, 0.25) is 5.91 Å². The Labute approximate surface area is 143 Å². The van der Waals surface area contributed by atoms with E-state index in [1.165, 1.54) is 6.08 Å². The highest BCUT2D eigenvalue weighted by Crippen LogP contribution is 2.22. The van der Waals surface area contributed by atoms with Gasteiger partial charge in [0.1, 0.15) is 5.75 Å². The van der Waals surface area contributed by atoms with Crippen LogP contribution < -0.4 is 10.1 Å². The van der Waals surface area contributed by atoms with Crippen molar-refractivity contribution in [3.05, 3.63) is 66.0 Å². The maximum absolute atomic E-state index is 12.0. The molecule has 1 unspecified atom stereocenters. The van der Waals surface area contributed by atoms with E-state index in [0.29, 0.717) is 6.54 Å². The summed E-state index contributed by atoms with van der Waals surface area (Å²) in [4.78, 5) is 18.2. The summed E-state index contributed by atoms with van der Waals surface area (Å²) in [5, 5.41) is 2.93. The van der Waals surface area contributed by atoms with E-state index in [0.717, 1.165) is 17.0 Å². The molecule has 1 atom stereocenters. The summed E-state index contributed by atoms with van der Waals surface area (Å²) in [6, 6.07) is 13.5. The molecule has 0 spiro atoms. The largest absolute Gasteiger partial charge is 0.497 e. The molecule has 24 heavy (non-hydrogen) atoms. The third-order valence-electron chi connectivity index (χ3n) is 3.66. The molecule has 0 saturated carbocycles. The zero-order valence-electron chi connectivity index (χ0n) is 14.3. The fraction of sp³-hybridized carbons (Fsp3) is 0.263. The van der Waals surface area contributed by atoms with Crippen LogP contribution in [0.5, 0.6) is 5.75 Å². The van der Waals surface area contributed by atoms with Crippen LogP contribution in [0.15, 0.2) is 54.7 Å². The van der Waals surface area contributed by atoms with Crippen LogP contribution in [0.2, 0.25) is 0 Å². The van der Waals surface area contributed by atoms with E-state index in [1.807, 2.05) is 56.6 Å². The van der Waals surface area contributed by atoms with Gasteiger partial charge in [-0.25, -0.2) is 0 Å². The molecule has 2 aromatic rings. The summed E-state index contributed by atoms with van der Waals surface area (Å²) >= 11 is 0. The molecule has 1 heterocycles. The van der Waals surface area contributed by atoms with E-state index in [1.54, 1.807) is 19.4 Å². The lowest BCUT2D eigenvalue weighted by Crippen LogP contribution is -2.33. The summed E-state index contributed by atoms with van der Waals surface area (Å²) in [5.74, 6) is 0.663. The summed E-state index contributed by atoms with van der Waals surface area (Å²) in [7, 11) is 5.62. The number of rotatable bonds is 7. The summed E-state index contributed by atoms with van der Waals surface area (Å²) < 4.78 is 5.27. The third kappa shape index (κ3) is 5.21. The monoisotopic (exact) mass is 325 g/mol. The molecule has 1 aromatic heterocycles. The summed E-state index contributed by atoms with van der Waals surface area (Å²) in [6.07, 6.45) is 4.90. The van der Waals surface area contributed by atoms with Crippen molar-refractivity contribution in [2.24, 2.45) is 0 Å². The molecule has 1 N–H and O–H groups in total. The lowest BCUT2D eigenvalue weighted by Gasteiger charge is -2.25. The smallest absolute Gasteiger partial charge is 0.244 e. The number of carbonyl (C=O) groups excluding carboxylic acids is 1. The maximum atomic E-state index is 12.0. The number of nitrogens with one attached hydrogen (secondary N) is 1.